The summed E-state index contributed by atoms with van der Waals surface area (Å²) in [4.78, 5) is 11.5. The first-order chi connectivity index (χ1) is 7.16. The predicted octanol–water partition coefficient (Wildman–Crippen LogP) is 1.57. The largest absolute Gasteiger partial charge is 0.368 e. The molecule has 15 heavy (non-hydrogen) atoms. The van der Waals surface area contributed by atoms with Gasteiger partial charge in [0.15, 0.2) is 5.82 Å². The molecule has 0 aliphatic rings. The highest BCUT2D eigenvalue weighted by atomic mass is 19.1. The normalized spacial score (nSPS) is 10.3. The van der Waals surface area contributed by atoms with Crippen molar-refractivity contribution < 1.29 is 4.39 Å². The fourth-order valence-corrected chi connectivity index (χ4v) is 1.31. The Hall–Kier alpha value is -2.04. The molecule has 0 saturated carbocycles. The summed E-state index contributed by atoms with van der Waals surface area (Å²) in [7, 11) is 0. The maximum atomic E-state index is 13.4. The third-order valence-corrected chi connectivity index (χ3v) is 1.92. The molecule has 5 heteroatoms. The van der Waals surface area contributed by atoms with Gasteiger partial charge in [-0.1, -0.05) is 0 Å². The van der Waals surface area contributed by atoms with E-state index in [0.29, 0.717) is 17.0 Å². The zero-order valence-electron chi connectivity index (χ0n) is 8.11. The van der Waals surface area contributed by atoms with Crippen LogP contribution in [0.4, 0.5) is 10.3 Å². The van der Waals surface area contributed by atoms with E-state index in [1.54, 1.807) is 19.1 Å². The highest BCUT2D eigenvalue weighted by molar-refractivity contribution is 5.60. The molecule has 0 radical (unpaired) electrons. The SMILES string of the molecule is Cc1cc(-c2ccncc2F)nc(N)n1. The zero-order chi connectivity index (χ0) is 10.8. The third-order valence-electron chi connectivity index (χ3n) is 1.92. The van der Waals surface area contributed by atoms with Crippen molar-refractivity contribution in [1.29, 1.82) is 0 Å². The van der Waals surface area contributed by atoms with Gasteiger partial charge in [0.1, 0.15) is 0 Å². The average Bonchev–Trinajstić information content (AvgIpc) is 2.16. The van der Waals surface area contributed by atoms with Gasteiger partial charge in [0.05, 0.1) is 11.9 Å². The van der Waals surface area contributed by atoms with Crippen LogP contribution in [-0.2, 0) is 0 Å². The number of aryl methyl sites for hydroxylation is 1. The smallest absolute Gasteiger partial charge is 0.220 e. The molecule has 0 spiro atoms. The van der Waals surface area contributed by atoms with Crippen LogP contribution in [0.3, 0.4) is 0 Å². The third kappa shape index (κ3) is 1.90. The molecule has 0 fully saturated rings. The van der Waals surface area contributed by atoms with Crippen LogP contribution in [0.2, 0.25) is 0 Å². The van der Waals surface area contributed by atoms with Gasteiger partial charge in [-0.25, -0.2) is 14.4 Å². The molecule has 0 atom stereocenters. The molecule has 0 aliphatic heterocycles. The van der Waals surface area contributed by atoms with Gasteiger partial charge >= 0.3 is 0 Å². The van der Waals surface area contributed by atoms with Gasteiger partial charge in [-0.05, 0) is 19.1 Å². The van der Waals surface area contributed by atoms with E-state index in [-0.39, 0.29) is 5.95 Å². The lowest BCUT2D eigenvalue weighted by Crippen LogP contribution is -1.99. The number of hydrogen-bond acceptors (Lipinski definition) is 4. The van der Waals surface area contributed by atoms with Crippen LogP contribution in [0.1, 0.15) is 5.69 Å². The Morgan fingerprint density at radius 3 is 2.80 bits per heavy atom. The predicted molar refractivity (Wildman–Crippen MR) is 54.4 cm³/mol. The van der Waals surface area contributed by atoms with E-state index in [4.69, 9.17) is 5.73 Å². The van der Waals surface area contributed by atoms with E-state index in [9.17, 15) is 4.39 Å². The van der Waals surface area contributed by atoms with Gasteiger partial charge in [0, 0.05) is 17.5 Å². The molecule has 4 nitrogen and oxygen atoms in total. The van der Waals surface area contributed by atoms with Crippen LogP contribution in [0, 0.1) is 12.7 Å². The van der Waals surface area contributed by atoms with Crippen molar-refractivity contribution in [2.45, 2.75) is 6.92 Å². The maximum absolute atomic E-state index is 13.4. The maximum Gasteiger partial charge on any atom is 0.220 e. The molecule has 0 aliphatic carbocycles. The van der Waals surface area contributed by atoms with E-state index < -0.39 is 5.82 Å². The van der Waals surface area contributed by atoms with Crippen LogP contribution in [0.15, 0.2) is 24.5 Å². The lowest BCUT2D eigenvalue weighted by Gasteiger charge is -2.03. The van der Waals surface area contributed by atoms with Gasteiger partial charge in [-0.15, -0.1) is 0 Å². The second kappa shape index (κ2) is 3.61. The zero-order valence-corrected chi connectivity index (χ0v) is 8.11. The summed E-state index contributed by atoms with van der Waals surface area (Å²) in [6.07, 6.45) is 2.65. The Kier molecular flexibility index (Phi) is 2.29. The number of nitrogens with two attached hydrogens (primary N) is 1. The van der Waals surface area contributed by atoms with Gasteiger partial charge in [-0.2, -0.15) is 0 Å². The van der Waals surface area contributed by atoms with Gasteiger partial charge < -0.3 is 5.73 Å². The van der Waals surface area contributed by atoms with Crippen molar-refractivity contribution in [3.63, 3.8) is 0 Å². The summed E-state index contributed by atoms with van der Waals surface area (Å²) in [6, 6.07) is 3.23. The Morgan fingerprint density at radius 2 is 2.13 bits per heavy atom. The number of anilines is 1. The first kappa shape index (κ1) is 9.51. The molecule has 2 rings (SSSR count). The molecule has 0 saturated heterocycles. The summed E-state index contributed by atoms with van der Waals surface area (Å²) >= 11 is 0. The van der Waals surface area contributed by atoms with Crippen molar-refractivity contribution in [2.24, 2.45) is 0 Å². The quantitative estimate of drug-likeness (QED) is 0.765. The Bertz CT molecular complexity index is 478. The van der Waals surface area contributed by atoms with Crippen molar-refractivity contribution in [3.05, 3.63) is 36.0 Å². The molecule has 76 valence electrons. The molecular formula is C10H9FN4. The summed E-state index contributed by atoms with van der Waals surface area (Å²) in [5.41, 5.74) is 7.04. The second-order valence-electron chi connectivity index (χ2n) is 3.11. The van der Waals surface area contributed by atoms with E-state index >= 15 is 0 Å². The first-order valence-electron chi connectivity index (χ1n) is 4.38. The first-order valence-corrected chi connectivity index (χ1v) is 4.38. The second-order valence-corrected chi connectivity index (χ2v) is 3.11. The number of pyridine rings is 1. The molecule has 2 aromatic heterocycles. The number of nitrogens with zero attached hydrogens (tertiary/aromatic N) is 3. The van der Waals surface area contributed by atoms with Crippen molar-refractivity contribution in [1.82, 2.24) is 15.0 Å². The molecule has 2 N–H and O–H groups in total. The van der Waals surface area contributed by atoms with Crippen molar-refractivity contribution >= 4 is 5.95 Å². The number of rotatable bonds is 1. The summed E-state index contributed by atoms with van der Waals surface area (Å²) < 4.78 is 13.4. The lowest BCUT2D eigenvalue weighted by molar-refractivity contribution is 0.624. The van der Waals surface area contributed by atoms with E-state index in [0.717, 1.165) is 6.20 Å². The topological polar surface area (TPSA) is 64.7 Å². The summed E-state index contributed by atoms with van der Waals surface area (Å²) in [5.74, 6) is -0.281. The standard InChI is InChI=1S/C10H9FN4/c1-6-4-9(15-10(12)14-6)7-2-3-13-5-8(7)11/h2-5H,1H3,(H2,12,14,15). The number of hydrogen-bond donors (Lipinski definition) is 1. The minimum absolute atomic E-state index is 0.140. The van der Waals surface area contributed by atoms with Crippen LogP contribution in [0.5, 0.6) is 0 Å². The highest BCUT2D eigenvalue weighted by Gasteiger charge is 2.07. The van der Waals surface area contributed by atoms with Crippen molar-refractivity contribution in [3.8, 4) is 11.3 Å². The summed E-state index contributed by atoms with van der Waals surface area (Å²) in [5, 5.41) is 0. The van der Waals surface area contributed by atoms with Crippen molar-refractivity contribution in [2.75, 3.05) is 5.73 Å². The molecule has 0 bridgehead atoms. The Balaban J connectivity index is 2.59. The molecule has 0 amide bonds. The number of halogens is 1. The molecule has 2 aromatic rings. The summed E-state index contributed by atoms with van der Waals surface area (Å²) in [6.45, 7) is 1.78. The van der Waals surface area contributed by atoms with Crippen LogP contribution < -0.4 is 5.73 Å². The van der Waals surface area contributed by atoms with E-state index in [1.165, 1.54) is 6.20 Å². The molecular weight excluding hydrogens is 195 g/mol. The highest BCUT2D eigenvalue weighted by Crippen LogP contribution is 2.20. The van der Waals surface area contributed by atoms with Gasteiger partial charge in [0.25, 0.3) is 0 Å². The minimum Gasteiger partial charge on any atom is -0.368 e. The fraction of sp³-hybridized carbons (Fsp3) is 0.100. The van der Waals surface area contributed by atoms with Gasteiger partial charge in [0.2, 0.25) is 5.95 Å². The monoisotopic (exact) mass is 204 g/mol. The molecule has 2 heterocycles. The van der Waals surface area contributed by atoms with Crippen LogP contribution in [0.25, 0.3) is 11.3 Å². The molecule has 0 aromatic carbocycles. The van der Waals surface area contributed by atoms with Crippen LogP contribution >= 0.6 is 0 Å². The Labute approximate surface area is 86.0 Å². The van der Waals surface area contributed by atoms with Crippen LogP contribution in [-0.4, -0.2) is 15.0 Å². The van der Waals surface area contributed by atoms with Gasteiger partial charge in [-0.3, -0.25) is 4.98 Å². The fourth-order valence-electron chi connectivity index (χ4n) is 1.31. The number of aromatic nitrogens is 3. The van der Waals surface area contributed by atoms with E-state index in [1.807, 2.05) is 0 Å². The number of nitrogen functional groups attached to an aromatic ring is 1. The average molecular weight is 204 g/mol. The molecule has 0 unspecified atom stereocenters. The lowest BCUT2D eigenvalue weighted by atomic mass is 10.1. The minimum atomic E-state index is -0.421. The Morgan fingerprint density at radius 1 is 1.33 bits per heavy atom. The van der Waals surface area contributed by atoms with E-state index in [2.05, 4.69) is 15.0 Å².